The highest BCUT2D eigenvalue weighted by molar-refractivity contribution is 5.77. The minimum absolute atomic E-state index is 0.297. The molecule has 28 heavy (non-hydrogen) atoms. The van der Waals surface area contributed by atoms with Gasteiger partial charge in [0.2, 0.25) is 0 Å². The molecule has 0 spiro atoms. The molecule has 1 aliphatic heterocycles. The first-order chi connectivity index (χ1) is 13.6. The molecule has 6 heteroatoms. The molecular formula is C22H31N5O. The van der Waals surface area contributed by atoms with E-state index in [2.05, 4.69) is 58.3 Å². The summed E-state index contributed by atoms with van der Waals surface area (Å²) in [4.78, 5) is 11.2. The Balaban J connectivity index is 1.42. The van der Waals surface area contributed by atoms with E-state index in [9.17, 15) is 0 Å². The molecule has 6 nitrogen and oxygen atoms in total. The quantitative estimate of drug-likeness (QED) is 0.569. The number of morpholine rings is 1. The van der Waals surface area contributed by atoms with Gasteiger partial charge in [0, 0.05) is 44.5 Å². The highest BCUT2D eigenvalue weighted by Gasteiger charge is 2.21. The topological polar surface area (TPSA) is 75.8 Å². The monoisotopic (exact) mass is 381 g/mol. The number of hydrogen-bond acceptors (Lipinski definition) is 4. The maximum Gasteiger partial charge on any atom is 0.188 e. The average molecular weight is 382 g/mol. The minimum Gasteiger partial charge on any atom is -0.373 e. The molecule has 1 fully saturated rings. The van der Waals surface area contributed by atoms with Gasteiger partial charge in [-0.05, 0) is 37.1 Å². The van der Waals surface area contributed by atoms with Crippen molar-refractivity contribution in [2.45, 2.75) is 45.6 Å². The van der Waals surface area contributed by atoms with Gasteiger partial charge in [0.05, 0.1) is 18.8 Å². The number of rotatable bonds is 7. The number of aromatic nitrogens is 1. The molecule has 1 aliphatic rings. The largest absolute Gasteiger partial charge is 0.373 e. The van der Waals surface area contributed by atoms with Crippen LogP contribution in [-0.4, -0.2) is 47.7 Å². The summed E-state index contributed by atoms with van der Waals surface area (Å²) in [6.07, 6.45) is 3.22. The Morgan fingerprint density at radius 2 is 1.86 bits per heavy atom. The molecule has 2 atom stereocenters. The fraction of sp³-hybridized carbons (Fsp3) is 0.455. The van der Waals surface area contributed by atoms with Gasteiger partial charge < -0.3 is 15.8 Å². The second-order valence-corrected chi connectivity index (χ2v) is 7.47. The van der Waals surface area contributed by atoms with Gasteiger partial charge >= 0.3 is 0 Å². The van der Waals surface area contributed by atoms with Crippen LogP contribution in [0.2, 0.25) is 0 Å². The molecule has 1 aromatic heterocycles. The maximum absolute atomic E-state index is 5.97. The van der Waals surface area contributed by atoms with E-state index in [4.69, 9.17) is 10.5 Å². The molecule has 1 saturated heterocycles. The van der Waals surface area contributed by atoms with Crippen LogP contribution in [-0.2, 0) is 24.2 Å². The Bertz CT molecular complexity index is 737. The molecular weight excluding hydrogens is 350 g/mol. The third-order valence-corrected chi connectivity index (χ3v) is 4.77. The minimum atomic E-state index is 0.297. The van der Waals surface area contributed by atoms with Crippen LogP contribution in [0.15, 0.2) is 53.7 Å². The van der Waals surface area contributed by atoms with Crippen molar-refractivity contribution in [2.24, 2.45) is 10.7 Å². The predicted octanol–water partition coefficient (Wildman–Crippen LogP) is 2.34. The van der Waals surface area contributed by atoms with Crippen molar-refractivity contribution >= 4 is 5.96 Å². The average Bonchev–Trinajstić information content (AvgIpc) is 2.67. The molecule has 1 aromatic carbocycles. The lowest BCUT2D eigenvalue weighted by atomic mass is 10.1. The number of nitrogens with two attached hydrogens (primary N) is 1. The second kappa shape index (κ2) is 10.2. The first-order valence-electron chi connectivity index (χ1n) is 9.98. The predicted molar refractivity (Wildman–Crippen MR) is 113 cm³/mol. The summed E-state index contributed by atoms with van der Waals surface area (Å²) in [5, 5.41) is 3.14. The summed E-state index contributed by atoms with van der Waals surface area (Å²) in [7, 11) is 0. The van der Waals surface area contributed by atoms with Crippen molar-refractivity contribution in [3.05, 3.63) is 65.5 Å². The summed E-state index contributed by atoms with van der Waals surface area (Å²) in [6.45, 7) is 8.50. The SMILES string of the molecule is CC1CN(Cc2ccc(CN=C(N)NCCc3ccccn3)cc2)CC(C)O1. The molecule has 0 aliphatic carbocycles. The van der Waals surface area contributed by atoms with Gasteiger partial charge in [-0.1, -0.05) is 30.3 Å². The highest BCUT2D eigenvalue weighted by atomic mass is 16.5. The van der Waals surface area contributed by atoms with Gasteiger partial charge in [-0.25, -0.2) is 4.99 Å². The van der Waals surface area contributed by atoms with E-state index < -0.39 is 0 Å². The number of hydrogen-bond donors (Lipinski definition) is 2. The molecule has 3 rings (SSSR count). The molecule has 3 N–H and O–H groups in total. The van der Waals surface area contributed by atoms with E-state index in [1.807, 2.05) is 18.2 Å². The summed E-state index contributed by atoms with van der Waals surface area (Å²) in [5.41, 5.74) is 9.48. The van der Waals surface area contributed by atoms with Crippen LogP contribution in [0.5, 0.6) is 0 Å². The van der Waals surface area contributed by atoms with Crippen molar-refractivity contribution in [1.82, 2.24) is 15.2 Å². The second-order valence-electron chi connectivity index (χ2n) is 7.47. The van der Waals surface area contributed by atoms with Crippen LogP contribution >= 0.6 is 0 Å². The Morgan fingerprint density at radius 3 is 2.54 bits per heavy atom. The highest BCUT2D eigenvalue weighted by Crippen LogP contribution is 2.15. The van der Waals surface area contributed by atoms with Crippen LogP contribution in [0.4, 0.5) is 0 Å². The lowest BCUT2D eigenvalue weighted by molar-refractivity contribution is -0.0704. The van der Waals surface area contributed by atoms with Crippen molar-refractivity contribution in [3.63, 3.8) is 0 Å². The summed E-state index contributed by atoms with van der Waals surface area (Å²) < 4.78 is 5.80. The number of nitrogens with zero attached hydrogens (tertiary/aromatic N) is 3. The first kappa shape index (κ1) is 20.3. The zero-order valence-electron chi connectivity index (χ0n) is 16.8. The van der Waals surface area contributed by atoms with Crippen LogP contribution < -0.4 is 11.1 Å². The zero-order chi connectivity index (χ0) is 19.8. The van der Waals surface area contributed by atoms with Crippen LogP contribution in [0.1, 0.15) is 30.7 Å². The van der Waals surface area contributed by atoms with Gasteiger partial charge in [-0.3, -0.25) is 9.88 Å². The van der Waals surface area contributed by atoms with Gasteiger partial charge in [0.15, 0.2) is 5.96 Å². The third-order valence-electron chi connectivity index (χ3n) is 4.77. The number of aliphatic imine (C=N–C) groups is 1. The molecule has 0 bridgehead atoms. The summed E-state index contributed by atoms with van der Waals surface area (Å²) >= 11 is 0. The van der Waals surface area contributed by atoms with Gasteiger partial charge in [-0.15, -0.1) is 0 Å². The molecule has 0 saturated carbocycles. The molecule has 0 amide bonds. The van der Waals surface area contributed by atoms with E-state index in [0.717, 1.165) is 43.9 Å². The van der Waals surface area contributed by atoms with Crippen molar-refractivity contribution in [1.29, 1.82) is 0 Å². The van der Waals surface area contributed by atoms with Crippen molar-refractivity contribution in [2.75, 3.05) is 19.6 Å². The number of pyridine rings is 1. The van der Waals surface area contributed by atoms with Crippen molar-refractivity contribution in [3.8, 4) is 0 Å². The van der Waals surface area contributed by atoms with Crippen LogP contribution in [0.3, 0.4) is 0 Å². The van der Waals surface area contributed by atoms with E-state index in [-0.39, 0.29) is 0 Å². The first-order valence-corrected chi connectivity index (χ1v) is 9.98. The fourth-order valence-electron chi connectivity index (χ4n) is 3.52. The Morgan fingerprint density at radius 1 is 1.14 bits per heavy atom. The van der Waals surface area contributed by atoms with E-state index in [0.29, 0.717) is 24.7 Å². The molecule has 150 valence electrons. The van der Waals surface area contributed by atoms with Gasteiger partial charge in [-0.2, -0.15) is 0 Å². The molecule has 2 aromatic rings. The van der Waals surface area contributed by atoms with E-state index in [1.54, 1.807) is 6.20 Å². The molecule has 0 radical (unpaired) electrons. The Labute approximate surface area is 167 Å². The van der Waals surface area contributed by atoms with Crippen LogP contribution in [0.25, 0.3) is 0 Å². The number of ether oxygens (including phenoxy) is 1. The third kappa shape index (κ3) is 6.62. The Hall–Kier alpha value is -2.44. The number of benzene rings is 1. The van der Waals surface area contributed by atoms with E-state index in [1.165, 1.54) is 5.56 Å². The Kier molecular flexibility index (Phi) is 7.39. The van der Waals surface area contributed by atoms with Gasteiger partial charge in [0.1, 0.15) is 0 Å². The number of nitrogens with one attached hydrogen (secondary N) is 1. The smallest absolute Gasteiger partial charge is 0.188 e. The zero-order valence-corrected chi connectivity index (χ0v) is 16.8. The normalized spacial score (nSPS) is 20.9. The van der Waals surface area contributed by atoms with Gasteiger partial charge in [0.25, 0.3) is 0 Å². The fourth-order valence-corrected chi connectivity index (χ4v) is 3.52. The summed E-state index contributed by atoms with van der Waals surface area (Å²) in [5.74, 6) is 0.469. The molecule has 2 heterocycles. The standard InChI is InChI=1S/C22H31N5O/c1-17-14-27(15-18(2)28-17)16-20-8-6-19(7-9-20)13-26-22(23)25-12-10-21-5-3-4-11-24-21/h3-9,11,17-18H,10,12-16H2,1-2H3,(H3,23,25,26). The maximum atomic E-state index is 5.97. The van der Waals surface area contributed by atoms with Crippen molar-refractivity contribution < 1.29 is 4.74 Å². The molecule has 2 unspecified atom stereocenters. The number of guanidine groups is 1. The lowest BCUT2D eigenvalue weighted by Crippen LogP contribution is -2.44. The van der Waals surface area contributed by atoms with E-state index >= 15 is 0 Å². The summed E-state index contributed by atoms with van der Waals surface area (Å²) in [6, 6.07) is 14.5. The lowest BCUT2D eigenvalue weighted by Gasteiger charge is -2.35. The van der Waals surface area contributed by atoms with Crippen LogP contribution in [0, 0.1) is 0 Å².